The van der Waals surface area contributed by atoms with Gasteiger partial charge < -0.3 is 9.47 Å². The molecule has 0 amide bonds. The monoisotopic (exact) mass is 320 g/mol. The number of hydrogen-bond acceptors (Lipinski definition) is 2. The lowest BCUT2D eigenvalue weighted by Crippen LogP contribution is -2.16. The molecule has 2 nitrogen and oxygen atoms in total. The van der Waals surface area contributed by atoms with Gasteiger partial charge in [0.2, 0.25) is 0 Å². The van der Waals surface area contributed by atoms with Gasteiger partial charge in [-0.1, -0.05) is 31.6 Å². The number of fused-ring (bicyclic) bond motifs is 1. The number of ether oxygens (including phenoxy) is 2. The summed E-state index contributed by atoms with van der Waals surface area (Å²) in [5.41, 5.74) is 3.61. The van der Waals surface area contributed by atoms with Crippen molar-refractivity contribution in [3.63, 3.8) is 0 Å². The Morgan fingerprint density at radius 2 is 1.86 bits per heavy atom. The van der Waals surface area contributed by atoms with Crippen molar-refractivity contribution in [2.24, 2.45) is 0 Å². The SMILES string of the molecule is COCOc1cc(C#C[Si](C)(C)C)c2c(F)c(F)ccc2c1. The average Bonchev–Trinajstić information content (AvgIpc) is 2.45. The van der Waals surface area contributed by atoms with Gasteiger partial charge in [0.25, 0.3) is 0 Å². The first kappa shape index (κ1) is 16.5. The number of benzene rings is 2. The third-order valence-electron chi connectivity index (χ3n) is 2.90. The van der Waals surface area contributed by atoms with E-state index in [4.69, 9.17) is 9.47 Å². The highest BCUT2D eigenvalue weighted by molar-refractivity contribution is 6.83. The molecule has 0 spiro atoms. The normalized spacial score (nSPS) is 11.2. The largest absolute Gasteiger partial charge is 0.468 e. The molecule has 0 N–H and O–H groups in total. The summed E-state index contributed by atoms with van der Waals surface area (Å²) in [6, 6.07) is 5.90. The summed E-state index contributed by atoms with van der Waals surface area (Å²) < 4.78 is 38.0. The van der Waals surface area contributed by atoms with Crippen molar-refractivity contribution in [3.8, 4) is 17.2 Å². The topological polar surface area (TPSA) is 18.5 Å². The lowest BCUT2D eigenvalue weighted by atomic mass is 10.0. The van der Waals surface area contributed by atoms with Gasteiger partial charge in [-0.05, 0) is 23.6 Å². The fraction of sp³-hybridized carbons (Fsp3) is 0.294. The van der Waals surface area contributed by atoms with E-state index in [-0.39, 0.29) is 12.2 Å². The molecule has 0 heterocycles. The molecular weight excluding hydrogens is 302 g/mol. The van der Waals surface area contributed by atoms with E-state index in [1.54, 1.807) is 12.1 Å². The predicted molar refractivity (Wildman–Crippen MR) is 86.6 cm³/mol. The maximum atomic E-state index is 14.2. The van der Waals surface area contributed by atoms with Crippen LogP contribution in [0, 0.1) is 23.1 Å². The summed E-state index contributed by atoms with van der Waals surface area (Å²) in [4.78, 5) is 0. The van der Waals surface area contributed by atoms with Crippen molar-refractivity contribution in [2.75, 3.05) is 13.9 Å². The summed E-state index contributed by atoms with van der Waals surface area (Å²) in [6.07, 6.45) is 0. The van der Waals surface area contributed by atoms with E-state index in [9.17, 15) is 8.78 Å². The molecule has 22 heavy (non-hydrogen) atoms. The minimum atomic E-state index is -1.64. The second-order valence-corrected chi connectivity index (χ2v) is 10.7. The average molecular weight is 320 g/mol. The number of rotatable bonds is 3. The molecule has 0 radical (unpaired) electrons. The van der Waals surface area contributed by atoms with Gasteiger partial charge in [0, 0.05) is 18.1 Å². The first-order valence-electron chi connectivity index (χ1n) is 6.88. The summed E-state index contributed by atoms with van der Waals surface area (Å²) in [5, 5.41) is 0.739. The van der Waals surface area contributed by atoms with Crippen LogP contribution in [-0.4, -0.2) is 22.0 Å². The molecule has 2 rings (SSSR count). The zero-order chi connectivity index (χ0) is 16.3. The van der Waals surface area contributed by atoms with Crippen LogP contribution in [0.15, 0.2) is 24.3 Å². The predicted octanol–water partition coefficient (Wildman–Crippen LogP) is 4.33. The third kappa shape index (κ3) is 3.84. The van der Waals surface area contributed by atoms with E-state index >= 15 is 0 Å². The molecule has 0 unspecified atom stereocenters. The summed E-state index contributed by atoms with van der Waals surface area (Å²) in [6.45, 7) is 6.34. The summed E-state index contributed by atoms with van der Waals surface area (Å²) in [5.74, 6) is 1.75. The van der Waals surface area contributed by atoms with Gasteiger partial charge in [0.1, 0.15) is 13.8 Å². The van der Waals surface area contributed by atoms with Crippen LogP contribution in [-0.2, 0) is 4.74 Å². The maximum absolute atomic E-state index is 14.2. The minimum Gasteiger partial charge on any atom is -0.468 e. The van der Waals surface area contributed by atoms with Gasteiger partial charge in [0.15, 0.2) is 18.4 Å². The van der Waals surface area contributed by atoms with Crippen LogP contribution >= 0.6 is 0 Å². The first-order chi connectivity index (χ1) is 10.3. The van der Waals surface area contributed by atoms with Gasteiger partial charge in [-0.3, -0.25) is 0 Å². The Kier molecular flexibility index (Phi) is 4.84. The summed E-state index contributed by atoms with van der Waals surface area (Å²) >= 11 is 0. The summed E-state index contributed by atoms with van der Waals surface area (Å²) in [7, 11) is -0.128. The van der Waals surface area contributed by atoms with E-state index in [0.717, 1.165) is 6.07 Å². The fourth-order valence-corrected chi connectivity index (χ4v) is 2.44. The smallest absolute Gasteiger partial charge is 0.188 e. The Bertz CT molecular complexity index is 755. The molecule has 5 heteroatoms. The van der Waals surface area contributed by atoms with Crippen LogP contribution in [0.2, 0.25) is 19.6 Å². The van der Waals surface area contributed by atoms with Crippen molar-refractivity contribution in [1.82, 2.24) is 0 Å². The van der Waals surface area contributed by atoms with E-state index < -0.39 is 19.7 Å². The Balaban J connectivity index is 2.66. The highest BCUT2D eigenvalue weighted by Crippen LogP contribution is 2.28. The zero-order valence-corrected chi connectivity index (χ0v) is 14.1. The Hall–Kier alpha value is -1.90. The maximum Gasteiger partial charge on any atom is 0.188 e. The van der Waals surface area contributed by atoms with Crippen LogP contribution in [0.1, 0.15) is 5.56 Å². The Morgan fingerprint density at radius 1 is 1.14 bits per heavy atom. The third-order valence-corrected chi connectivity index (χ3v) is 3.77. The Morgan fingerprint density at radius 3 is 2.50 bits per heavy atom. The van der Waals surface area contributed by atoms with Crippen LogP contribution < -0.4 is 4.74 Å². The quantitative estimate of drug-likeness (QED) is 0.476. The number of halogens is 2. The van der Waals surface area contributed by atoms with E-state index in [0.29, 0.717) is 16.7 Å². The van der Waals surface area contributed by atoms with E-state index in [1.807, 2.05) is 0 Å². The fourth-order valence-electron chi connectivity index (χ4n) is 1.93. The first-order valence-corrected chi connectivity index (χ1v) is 10.4. The molecule has 0 bridgehead atoms. The highest BCUT2D eigenvalue weighted by Gasteiger charge is 2.14. The number of methoxy groups -OCH3 is 1. The molecule has 0 aliphatic rings. The highest BCUT2D eigenvalue weighted by atomic mass is 28.3. The molecule has 0 aromatic heterocycles. The zero-order valence-electron chi connectivity index (χ0n) is 13.1. The Labute approximate surface area is 130 Å². The van der Waals surface area contributed by atoms with Crippen LogP contribution in [0.3, 0.4) is 0 Å². The van der Waals surface area contributed by atoms with Gasteiger partial charge >= 0.3 is 0 Å². The molecule has 0 aliphatic carbocycles. The lowest BCUT2D eigenvalue weighted by molar-refractivity contribution is 0.0512. The molecular formula is C17H18F2O2Si. The molecule has 2 aromatic carbocycles. The van der Waals surface area contributed by atoms with Crippen LogP contribution in [0.25, 0.3) is 10.8 Å². The van der Waals surface area contributed by atoms with Crippen molar-refractivity contribution in [3.05, 3.63) is 41.5 Å². The van der Waals surface area contributed by atoms with E-state index in [1.165, 1.54) is 13.2 Å². The molecule has 0 aliphatic heterocycles. The molecule has 0 fully saturated rings. The molecule has 0 saturated carbocycles. The van der Waals surface area contributed by atoms with Crippen molar-refractivity contribution >= 4 is 18.8 Å². The number of hydrogen-bond donors (Lipinski definition) is 0. The van der Waals surface area contributed by atoms with Crippen LogP contribution in [0.4, 0.5) is 8.78 Å². The standard InChI is InChI=1S/C17H18F2O2Si/c1-20-11-21-14-9-12-5-6-15(18)17(19)16(12)13(10-14)7-8-22(2,3)4/h5-6,9-10H,11H2,1-4H3. The second-order valence-electron chi connectivity index (χ2n) is 5.98. The minimum absolute atomic E-state index is 0.0794. The van der Waals surface area contributed by atoms with Crippen molar-refractivity contribution in [2.45, 2.75) is 19.6 Å². The molecule has 0 saturated heterocycles. The van der Waals surface area contributed by atoms with Gasteiger partial charge in [-0.2, -0.15) is 0 Å². The van der Waals surface area contributed by atoms with Gasteiger partial charge in [0.05, 0.1) is 0 Å². The molecule has 0 atom stereocenters. The van der Waals surface area contributed by atoms with E-state index in [2.05, 4.69) is 31.1 Å². The molecule has 2 aromatic rings. The molecule has 116 valence electrons. The van der Waals surface area contributed by atoms with Crippen LogP contribution in [0.5, 0.6) is 5.75 Å². The van der Waals surface area contributed by atoms with Gasteiger partial charge in [-0.25, -0.2) is 8.78 Å². The van der Waals surface area contributed by atoms with Crippen molar-refractivity contribution in [1.29, 1.82) is 0 Å². The lowest BCUT2D eigenvalue weighted by Gasteiger charge is -2.10. The van der Waals surface area contributed by atoms with Gasteiger partial charge in [-0.15, -0.1) is 5.54 Å². The second kappa shape index (κ2) is 6.47. The van der Waals surface area contributed by atoms with Crippen molar-refractivity contribution < 1.29 is 18.3 Å².